The average Bonchev–Trinajstić information content (AvgIpc) is 2.40. The van der Waals surface area contributed by atoms with Crippen molar-refractivity contribution in [3.8, 4) is 0 Å². The summed E-state index contributed by atoms with van der Waals surface area (Å²) in [6.45, 7) is 9.71. The second-order valence-corrected chi connectivity index (χ2v) is 5.04. The van der Waals surface area contributed by atoms with Crippen molar-refractivity contribution in [2.24, 2.45) is 0 Å². The summed E-state index contributed by atoms with van der Waals surface area (Å²) in [5.74, 6) is 1.15. The second-order valence-electron chi connectivity index (χ2n) is 5.04. The number of unbranched alkanes of at least 4 members (excludes halogenated alkanes) is 1. The Morgan fingerprint density at radius 1 is 1.16 bits per heavy atom. The molecular formula is C16H29N3. The van der Waals surface area contributed by atoms with Crippen LogP contribution in [-0.2, 0) is 13.0 Å². The molecule has 1 N–H and O–H groups in total. The standard InChI is InChI=1S/C16H29N3/c1-5-8-10-19(7-3)16-12-14(13-17-4)11-15(18-16)9-6-2/h11-12,17H,5-10,13H2,1-4H3. The summed E-state index contributed by atoms with van der Waals surface area (Å²) in [5.41, 5.74) is 2.56. The fourth-order valence-electron chi connectivity index (χ4n) is 2.27. The van der Waals surface area contributed by atoms with Crippen LogP contribution in [0.15, 0.2) is 12.1 Å². The smallest absolute Gasteiger partial charge is 0.129 e. The van der Waals surface area contributed by atoms with Gasteiger partial charge in [0.1, 0.15) is 5.82 Å². The van der Waals surface area contributed by atoms with Gasteiger partial charge in [-0.2, -0.15) is 0 Å². The number of nitrogens with zero attached hydrogens (tertiary/aromatic N) is 2. The molecule has 1 heterocycles. The molecule has 0 aliphatic rings. The molecule has 0 spiro atoms. The molecule has 0 saturated carbocycles. The van der Waals surface area contributed by atoms with Gasteiger partial charge in [0.2, 0.25) is 0 Å². The van der Waals surface area contributed by atoms with Crippen molar-refractivity contribution in [1.29, 1.82) is 0 Å². The molecule has 3 nitrogen and oxygen atoms in total. The highest BCUT2D eigenvalue weighted by molar-refractivity contribution is 5.42. The molecule has 108 valence electrons. The summed E-state index contributed by atoms with van der Waals surface area (Å²) in [5, 5.41) is 3.23. The van der Waals surface area contributed by atoms with Gasteiger partial charge < -0.3 is 10.2 Å². The van der Waals surface area contributed by atoms with Gasteiger partial charge in [-0.3, -0.25) is 0 Å². The summed E-state index contributed by atoms with van der Waals surface area (Å²) < 4.78 is 0. The number of aromatic nitrogens is 1. The summed E-state index contributed by atoms with van der Waals surface area (Å²) >= 11 is 0. The van der Waals surface area contributed by atoms with E-state index in [-0.39, 0.29) is 0 Å². The van der Waals surface area contributed by atoms with Crippen LogP contribution in [0.3, 0.4) is 0 Å². The molecule has 0 saturated heterocycles. The lowest BCUT2D eigenvalue weighted by atomic mass is 10.1. The summed E-state index contributed by atoms with van der Waals surface area (Å²) in [7, 11) is 1.99. The van der Waals surface area contributed by atoms with Crippen LogP contribution in [0, 0.1) is 0 Å². The van der Waals surface area contributed by atoms with E-state index in [1.807, 2.05) is 7.05 Å². The third-order valence-electron chi connectivity index (χ3n) is 3.30. The number of hydrogen-bond donors (Lipinski definition) is 1. The Kier molecular flexibility index (Phi) is 7.49. The highest BCUT2D eigenvalue weighted by Crippen LogP contribution is 2.17. The fraction of sp³-hybridized carbons (Fsp3) is 0.688. The van der Waals surface area contributed by atoms with Gasteiger partial charge in [-0.15, -0.1) is 0 Å². The van der Waals surface area contributed by atoms with Crippen molar-refractivity contribution in [3.05, 3.63) is 23.4 Å². The highest BCUT2D eigenvalue weighted by atomic mass is 15.2. The third kappa shape index (κ3) is 5.19. The Hall–Kier alpha value is -1.09. The van der Waals surface area contributed by atoms with Gasteiger partial charge in [0.15, 0.2) is 0 Å². The zero-order valence-corrected chi connectivity index (χ0v) is 13.0. The minimum atomic E-state index is 0.914. The van der Waals surface area contributed by atoms with Gasteiger partial charge >= 0.3 is 0 Å². The van der Waals surface area contributed by atoms with Gasteiger partial charge in [0.05, 0.1) is 0 Å². The molecule has 3 heteroatoms. The van der Waals surface area contributed by atoms with E-state index >= 15 is 0 Å². The van der Waals surface area contributed by atoms with Crippen molar-refractivity contribution in [2.45, 2.75) is 53.0 Å². The number of nitrogens with one attached hydrogen (secondary N) is 1. The van der Waals surface area contributed by atoms with E-state index in [9.17, 15) is 0 Å². The molecule has 1 rings (SSSR count). The Morgan fingerprint density at radius 2 is 1.95 bits per heavy atom. The predicted molar refractivity (Wildman–Crippen MR) is 83.8 cm³/mol. The molecule has 1 aromatic heterocycles. The molecule has 19 heavy (non-hydrogen) atoms. The van der Waals surface area contributed by atoms with Crippen molar-refractivity contribution < 1.29 is 0 Å². The summed E-state index contributed by atoms with van der Waals surface area (Å²) in [6.07, 6.45) is 4.68. The summed E-state index contributed by atoms with van der Waals surface area (Å²) in [6, 6.07) is 4.46. The average molecular weight is 263 g/mol. The van der Waals surface area contributed by atoms with Gasteiger partial charge in [-0.25, -0.2) is 4.98 Å². The van der Waals surface area contributed by atoms with Crippen molar-refractivity contribution in [1.82, 2.24) is 10.3 Å². The Balaban J connectivity index is 2.94. The van der Waals surface area contributed by atoms with E-state index in [4.69, 9.17) is 4.98 Å². The topological polar surface area (TPSA) is 28.2 Å². The van der Waals surface area contributed by atoms with Crippen LogP contribution in [0.5, 0.6) is 0 Å². The monoisotopic (exact) mass is 263 g/mol. The first-order chi connectivity index (χ1) is 9.24. The minimum Gasteiger partial charge on any atom is -0.357 e. The molecular weight excluding hydrogens is 234 g/mol. The number of hydrogen-bond acceptors (Lipinski definition) is 3. The zero-order chi connectivity index (χ0) is 14.1. The van der Waals surface area contributed by atoms with Crippen LogP contribution in [0.4, 0.5) is 5.82 Å². The number of rotatable bonds is 9. The van der Waals surface area contributed by atoms with Crippen LogP contribution >= 0.6 is 0 Å². The highest BCUT2D eigenvalue weighted by Gasteiger charge is 2.08. The molecule has 0 atom stereocenters. The quantitative estimate of drug-likeness (QED) is 0.740. The van der Waals surface area contributed by atoms with E-state index in [0.717, 1.165) is 38.3 Å². The maximum Gasteiger partial charge on any atom is 0.129 e. The van der Waals surface area contributed by atoms with Crippen molar-refractivity contribution >= 4 is 5.82 Å². The normalized spacial score (nSPS) is 10.7. The summed E-state index contributed by atoms with van der Waals surface area (Å²) in [4.78, 5) is 7.22. The SMILES string of the molecule is CCCCN(CC)c1cc(CNC)cc(CCC)n1. The van der Waals surface area contributed by atoms with Crippen molar-refractivity contribution in [3.63, 3.8) is 0 Å². The lowest BCUT2D eigenvalue weighted by Crippen LogP contribution is -2.25. The first kappa shape index (κ1) is 16.0. The van der Waals surface area contributed by atoms with Gasteiger partial charge in [0, 0.05) is 25.3 Å². The van der Waals surface area contributed by atoms with Crippen LogP contribution in [0.1, 0.15) is 51.3 Å². The molecule has 0 radical (unpaired) electrons. The van der Waals surface area contributed by atoms with Crippen LogP contribution in [0.25, 0.3) is 0 Å². The lowest BCUT2D eigenvalue weighted by Gasteiger charge is -2.23. The number of aryl methyl sites for hydroxylation is 1. The Morgan fingerprint density at radius 3 is 2.53 bits per heavy atom. The van der Waals surface area contributed by atoms with Gasteiger partial charge in [-0.05, 0) is 44.5 Å². The largest absolute Gasteiger partial charge is 0.357 e. The van der Waals surface area contributed by atoms with Crippen LogP contribution < -0.4 is 10.2 Å². The molecule has 0 bridgehead atoms. The first-order valence-corrected chi connectivity index (χ1v) is 7.64. The minimum absolute atomic E-state index is 0.914. The van der Waals surface area contributed by atoms with Crippen molar-refractivity contribution in [2.75, 3.05) is 25.0 Å². The Labute approximate surface area is 118 Å². The zero-order valence-electron chi connectivity index (χ0n) is 13.0. The van der Waals surface area contributed by atoms with E-state index in [1.165, 1.54) is 24.1 Å². The third-order valence-corrected chi connectivity index (χ3v) is 3.30. The fourth-order valence-corrected chi connectivity index (χ4v) is 2.27. The van der Waals surface area contributed by atoms with Crippen LogP contribution in [0.2, 0.25) is 0 Å². The Bertz CT molecular complexity index is 339. The number of anilines is 1. The van der Waals surface area contributed by atoms with E-state index < -0.39 is 0 Å². The molecule has 0 unspecified atom stereocenters. The maximum atomic E-state index is 4.83. The predicted octanol–water partition coefficient (Wildman–Crippen LogP) is 3.38. The molecule has 0 amide bonds. The van der Waals surface area contributed by atoms with Gasteiger partial charge in [0.25, 0.3) is 0 Å². The molecule has 0 aliphatic carbocycles. The van der Waals surface area contributed by atoms with E-state index in [2.05, 4.69) is 43.1 Å². The molecule has 0 aliphatic heterocycles. The molecule has 0 aromatic carbocycles. The number of pyridine rings is 1. The lowest BCUT2D eigenvalue weighted by molar-refractivity contribution is 0.717. The van der Waals surface area contributed by atoms with Gasteiger partial charge in [-0.1, -0.05) is 26.7 Å². The van der Waals surface area contributed by atoms with Crippen LogP contribution in [-0.4, -0.2) is 25.1 Å². The maximum absolute atomic E-state index is 4.83. The molecule has 1 aromatic rings. The van der Waals surface area contributed by atoms with E-state index in [0.29, 0.717) is 0 Å². The second kappa shape index (κ2) is 8.92. The van der Waals surface area contributed by atoms with E-state index in [1.54, 1.807) is 0 Å². The first-order valence-electron chi connectivity index (χ1n) is 7.64. The molecule has 0 fully saturated rings.